The number of nitrogens with zero attached hydrogens (tertiary/aromatic N) is 1. The molecular formula is C38H49NO11S. The maximum absolute atomic E-state index is 12.9. The summed E-state index contributed by atoms with van der Waals surface area (Å²) in [5.41, 5.74) is 2.68. The van der Waals surface area contributed by atoms with Crippen molar-refractivity contribution < 1.29 is 59.6 Å². The van der Waals surface area contributed by atoms with Gasteiger partial charge in [-0.2, -0.15) is 0 Å². The van der Waals surface area contributed by atoms with Crippen molar-refractivity contribution in [3.63, 3.8) is 0 Å². The Balaban J connectivity index is 0.000000676. The van der Waals surface area contributed by atoms with Crippen molar-refractivity contribution in [3.05, 3.63) is 90.0 Å². The lowest BCUT2D eigenvalue weighted by molar-refractivity contribution is -0.940. The van der Waals surface area contributed by atoms with Crippen LogP contribution in [-0.2, 0) is 42.0 Å². The first-order valence-electron chi connectivity index (χ1n) is 17.9. The molecule has 13 heteroatoms. The first-order chi connectivity index (χ1) is 25.6. The molecule has 12 nitrogen and oxygen atoms in total. The van der Waals surface area contributed by atoms with Crippen LogP contribution in [0.4, 0.5) is 0 Å². The zero-order chi connectivity index (χ0) is 39.9. The van der Waals surface area contributed by atoms with Crippen molar-refractivity contribution in [1.29, 1.82) is 0 Å². The van der Waals surface area contributed by atoms with E-state index in [0.717, 1.165) is 22.8 Å². The summed E-state index contributed by atoms with van der Waals surface area (Å²) >= 11 is 0. The van der Waals surface area contributed by atoms with E-state index in [4.69, 9.17) is 32.5 Å². The molecule has 4 rings (SSSR count). The van der Waals surface area contributed by atoms with Crippen LogP contribution in [0.15, 0.2) is 78.2 Å². The molecule has 51 heavy (non-hydrogen) atoms. The topological polar surface area (TPSA) is 147 Å². The van der Waals surface area contributed by atoms with E-state index in [0.29, 0.717) is 61.6 Å². The molecule has 0 amide bonds. The molecule has 3 aromatic carbocycles. The third-order valence-corrected chi connectivity index (χ3v) is 9.32. The smallest absolute Gasteiger partial charge is 0.330 e. The Morgan fingerprint density at radius 2 is 1.51 bits per heavy atom. The van der Waals surface area contributed by atoms with Crippen LogP contribution < -0.4 is 18.9 Å². The largest absolute Gasteiger partial charge is 0.744 e. The summed E-state index contributed by atoms with van der Waals surface area (Å²) < 4.78 is 89.3. The average Bonchev–Trinajstić information content (AvgIpc) is 3.16. The molecule has 0 fully saturated rings. The normalized spacial score (nSPS) is 17.5. The van der Waals surface area contributed by atoms with Gasteiger partial charge in [-0.1, -0.05) is 30.8 Å². The van der Waals surface area contributed by atoms with Gasteiger partial charge in [0.25, 0.3) is 0 Å². The molecular weight excluding hydrogens is 678 g/mol. The predicted molar refractivity (Wildman–Crippen MR) is 190 cm³/mol. The molecule has 0 aliphatic carbocycles. The Bertz CT molecular complexity index is 1820. The highest BCUT2D eigenvalue weighted by Crippen LogP contribution is 2.43. The van der Waals surface area contributed by atoms with Gasteiger partial charge in [-0.3, -0.25) is 4.79 Å². The number of ether oxygens (including phenoxy) is 6. The highest BCUT2D eigenvalue weighted by molar-refractivity contribution is 7.85. The van der Waals surface area contributed by atoms with E-state index in [1.807, 2.05) is 24.3 Å². The number of quaternary nitrogens is 1. The second kappa shape index (κ2) is 19.7. The lowest BCUT2D eigenvalue weighted by atomic mass is 9.86. The second-order valence-corrected chi connectivity index (χ2v) is 13.1. The number of unbranched alkanes of at least 4 members (excludes halogenated alkanes) is 2. The molecule has 0 bridgehead atoms. The van der Waals surface area contributed by atoms with Crippen LogP contribution in [0.5, 0.6) is 23.0 Å². The number of hydrogen-bond donors (Lipinski definition) is 0. The second-order valence-electron chi connectivity index (χ2n) is 11.7. The predicted octanol–water partition coefficient (Wildman–Crippen LogP) is 5.43. The maximum atomic E-state index is 12.9. The van der Waals surface area contributed by atoms with Gasteiger partial charge in [0.2, 0.25) is 0 Å². The zero-order valence-electron chi connectivity index (χ0n) is 32.6. The standard InChI is InChI=1S/C32H44NO8.C6H6O3S/c1-7-31(34)40-17-9-8-10-18-41-32(35)14-16-33(2)15-13-24-21-29(38-5)30(39-6)22-25(24)26(33)19-23-11-12-27(36-3)28(20-23)37-4;7-10(8,9)6-4-2-1-3-5-6/h7,11-12,20-22,26H,1,8-10,13-19H2,2-6H3;1-5H,(H,7,8,9)/q+1;/p-1/t26-,33-;/m1./s1/i2D3;. The van der Waals surface area contributed by atoms with Crippen molar-refractivity contribution in [2.75, 3.05) is 61.7 Å². The Morgan fingerprint density at radius 1 is 0.882 bits per heavy atom. The Hall–Kier alpha value is -4.59. The van der Waals surface area contributed by atoms with Gasteiger partial charge < -0.3 is 37.5 Å². The SMILES string of the molecule is O=S(=O)([O-])c1ccccc1.[2H]C([2H])([2H])[N@+]1(CCC(=O)OCCCCCOC(=O)C=C)CCc2cc(OC)c(OC)cc2[C@H]1Cc1ccc(OC)c(OC)c1. The number of benzene rings is 3. The van der Waals surface area contributed by atoms with Crippen LogP contribution in [0, 0.1) is 0 Å². The van der Waals surface area contributed by atoms with E-state index < -0.39 is 35.1 Å². The number of esters is 2. The van der Waals surface area contributed by atoms with E-state index in [1.165, 1.54) is 24.3 Å². The lowest BCUT2D eigenvalue weighted by Crippen LogP contribution is -2.53. The van der Waals surface area contributed by atoms with Crippen molar-refractivity contribution in [2.45, 2.75) is 49.5 Å². The summed E-state index contributed by atoms with van der Waals surface area (Å²) in [6, 6.07) is 16.0. The van der Waals surface area contributed by atoms with Crippen LogP contribution in [0.25, 0.3) is 0 Å². The number of likely N-dealkylation sites (N-methyl/N-ethyl adjacent to an activating group) is 1. The molecule has 1 aliphatic heterocycles. The number of methoxy groups -OCH3 is 4. The molecule has 2 atom stereocenters. The quantitative estimate of drug-likeness (QED) is 0.0576. The van der Waals surface area contributed by atoms with Crippen molar-refractivity contribution in [3.8, 4) is 23.0 Å². The molecule has 3 aromatic rings. The molecule has 0 saturated carbocycles. The Kier molecular flexibility index (Phi) is 14.0. The Morgan fingerprint density at radius 3 is 2.10 bits per heavy atom. The maximum Gasteiger partial charge on any atom is 0.330 e. The van der Waals surface area contributed by atoms with E-state index in [-0.39, 0.29) is 35.6 Å². The fraction of sp³-hybridized carbons (Fsp3) is 0.421. The summed E-state index contributed by atoms with van der Waals surface area (Å²) in [5, 5.41) is 0. The first kappa shape index (κ1) is 36.2. The fourth-order valence-corrected chi connectivity index (χ4v) is 6.23. The van der Waals surface area contributed by atoms with Crippen LogP contribution in [-0.4, -0.2) is 91.1 Å². The molecule has 0 saturated heterocycles. The average molecular weight is 731 g/mol. The molecule has 0 radical (unpaired) electrons. The molecule has 1 aliphatic rings. The molecule has 0 N–H and O–H groups in total. The fourth-order valence-electron chi connectivity index (χ4n) is 5.74. The van der Waals surface area contributed by atoms with E-state index in [1.54, 1.807) is 40.6 Å². The summed E-state index contributed by atoms with van der Waals surface area (Å²) in [4.78, 5) is 23.8. The number of hydrogen-bond acceptors (Lipinski definition) is 11. The Labute approximate surface area is 305 Å². The van der Waals surface area contributed by atoms with Gasteiger partial charge in [0, 0.05) is 24.5 Å². The summed E-state index contributed by atoms with van der Waals surface area (Å²) in [6.07, 6.45) is 3.87. The van der Waals surface area contributed by atoms with Gasteiger partial charge in [0.15, 0.2) is 23.0 Å². The van der Waals surface area contributed by atoms with E-state index >= 15 is 0 Å². The van der Waals surface area contributed by atoms with Crippen LogP contribution >= 0.6 is 0 Å². The molecule has 0 spiro atoms. The molecule has 278 valence electrons. The van der Waals surface area contributed by atoms with Crippen LogP contribution in [0.3, 0.4) is 0 Å². The van der Waals surface area contributed by atoms with Gasteiger partial charge in [-0.05, 0) is 66.8 Å². The summed E-state index contributed by atoms with van der Waals surface area (Å²) in [7, 11) is 1.98. The van der Waals surface area contributed by atoms with Crippen molar-refractivity contribution in [2.24, 2.45) is 0 Å². The third kappa shape index (κ3) is 12.0. The molecule has 0 unspecified atom stereocenters. The van der Waals surface area contributed by atoms with Crippen molar-refractivity contribution in [1.82, 2.24) is 0 Å². The number of rotatable bonds is 17. The van der Waals surface area contributed by atoms with Gasteiger partial charge in [-0.15, -0.1) is 0 Å². The molecule has 1 heterocycles. The number of fused-ring (bicyclic) bond motifs is 1. The minimum Gasteiger partial charge on any atom is -0.744 e. The third-order valence-electron chi connectivity index (χ3n) is 8.47. The molecule has 0 aromatic heterocycles. The van der Waals surface area contributed by atoms with Gasteiger partial charge in [0.05, 0.1) is 77.1 Å². The minimum atomic E-state index is -4.25. The minimum absolute atomic E-state index is 0.0552. The number of carbonyl (C=O) groups is 2. The van der Waals surface area contributed by atoms with Gasteiger partial charge in [-0.25, -0.2) is 13.2 Å². The van der Waals surface area contributed by atoms with E-state index in [9.17, 15) is 22.6 Å². The zero-order valence-corrected chi connectivity index (χ0v) is 30.4. The van der Waals surface area contributed by atoms with Gasteiger partial charge >= 0.3 is 11.9 Å². The van der Waals surface area contributed by atoms with Crippen molar-refractivity contribution >= 4 is 22.1 Å². The highest BCUT2D eigenvalue weighted by atomic mass is 32.2. The number of carbonyl (C=O) groups excluding carboxylic acids is 2. The summed E-state index contributed by atoms with van der Waals surface area (Å²) in [5.74, 6) is 1.28. The monoisotopic (exact) mass is 730 g/mol. The van der Waals surface area contributed by atoms with Crippen LogP contribution in [0.1, 0.15) is 52.5 Å². The van der Waals surface area contributed by atoms with E-state index in [2.05, 4.69) is 6.58 Å². The highest BCUT2D eigenvalue weighted by Gasteiger charge is 2.40. The lowest BCUT2D eigenvalue weighted by Gasteiger charge is -2.46. The van der Waals surface area contributed by atoms with Crippen LogP contribution in [0.2, 0.25) is 0 Å². The van der Waals surface area contributed by atoms with Gasteiger partial charge in [0.1, 0.15) is 16.2 Å². The first-order valence-corrected chi connectivity index (χ1v) is 17.8. The summed E-state index contributed by atoms with van der Waals surface area (Å²) in [6.45, 7) is 1.77.